The van der Waals surface area contributed by atoms with Crippen LogP contribution in [-0.2, 0) is 10.2 Å². The molecule has 7 nitrogen and oxygen atoms in total. The second kappa shape index (κ2) is 9.68. The van der Waals surface area contributed by atoms with Crippen molar-refractivity contribution in [3.05, 3.63) is 120 Å². The maximum Gasteiger partial charge on any atom is 0.332 e. The number of aromatic nitrogens is 2. The van der Waals surface area contributed by atoms with Crippen LogP contribution in [0.5, 0.6) is 0 Å². The van der Waals surface area contributed by atoms with E-state index in [1.807, 2.05) is 89.9 Å². The van der Waals surface area contributed by atoms with E-state index in [1.165, 1.54) is 12.1 Å². The van der Waals surface area contributed by atoms with E-state index in [2.05, 4.69) is 10.2 Å². The lowest BCUT2D eigenvalue weighted by Crippen LogP contribution is -2.18. The molecule has 9 heteroatoms. The van der Waals surface area contributed by atoms with Crippen LogP contribution in [0.2, 0.25) is 0 Å². The fourth-order valence-electron chi connectivity index (χ4n) is 4.46. The zero-order valence-electron chi connectivity index (χ0n) is 20.0. The quantitative estimate of drug-likeness (QED) is 0.238. The predicted molar refractivity (Wildman–Crippen MR) is 143 cm³/mol. The molecule has 0 amide bonds. The van der Waals surface area contributed by atoms with Crippen molar-refractivity contribution in [3.8, 4) is 22.9 Å². The van der Waals surface area contributed by atoms with Crippen LogP contribution in [0.25, 0.3) is 22.9 Å². The van der Waals surface area contributed by atoms with Crippen LogP contribution in [0, 0.1) is 0 Å². The van der Waals surface area contributed by atoms with Gasteiger partial charge in [0, 0.05) is 17.5 Å². The van der Waals surface area contributed by atoms with Gasteiger partial charge >= 0.3 is 10.2 Å². The van der Waals surface area contributed by atoms with E-state index in [1.54, 1.807) is 12.1 Å². The Morgan fingerprint density at radius 3 is 1.87 bits per heavy atom. The second-order valence-corrected chi connectivity index (χ2v) is 10.2. The monoisotopic (exact) mass is 524 g/mol. The number of hydrogen-bond donors (Lipinski definition) is 0. The third kappa shape index (κ3) is 4.71. The van der Waals surface area contributed by atoms with Gasteiger partial charge in [-0.15, -0.1) is 14.1 Å². The van der Waals surface area contributed by atoms with E-state index < -0.39 is 10.2 Å². The van der Waals surface area contributed by atoms with Gasteiger partial charge in [0.05, 0.1) is 22.3 Å². The van der Waals surface area contributed by atoms with E-state index >= 15 is 0 Å². The van der Waals surface area contributed by atoms with Crippen LogP contribution in [-0.4, -0.2) is 24.3 Å². The molecule has 4 aromatic carbocycles. The summed E-state index contributed by atoms with van der Waals surface area (Å²) in [5, 5.41) is 15.2. The molecule has 0 saturated heterocycles. The summed E-state index contributed by atoms with van der Waals surface area (Å²) in [4.78, 5) is -0.372. The fraction of sp³-hybridized carbons (Fsp3) is 0.0690. The Morgan fingerprint density at radius 1 is 0.711 bits per heavy atom. The summed E-state index contributed by atoms with van der Waals surface area (Å²) in [6, 6.07) is 32.9. The summed E-state index contributed by atoms with van der Waals surface area (Å²) in [6.07, 6.45) is 0.595. The molecule has 1 aliphatic heterocycles. The molecule has 0 bridgehead atoms. The average Bonchev–Trinajstić information content (AvgIpc) is 3.62. The maximum atomic E-state index is 13.4. The van der Waals surface area contributed by atoms with Gasteiger partial charge in [-0.25, -0.2) is 0 Å². The van der Waals surface area contributed by atoms with Gasteiger partial charge in [-0.05, 0) is 59.7 Å². The lowest BCUT2D eigenvalue weighted by Gasteiger charge is -2.24. The zero-order valence-corrected chi connectivity index (χ0v) is 20.8. The van der Waals surface area contributed by atoms with Gasteiger partial charge in [-0.3, -0.25) is 5.01 Å². The molecule has 6 rings (SSSR count). The van der Waals surface area contributed by atoms with Crippen molar-refractivity contribution in [2.75, 3.05) is 5.01 Å². The average molecular weight is 525 g/mol. The molecular weight excluding hydrogens is 503 g/mol. The normalized spacial score (nSPS) is 15.4. The summed E-state index contributed by atoms with van der Waals surface area (Å²) in [6.45, 7) is 0. The Labute approximate surface area is 219 Å². The van der Waals surface area contributed by atoms with Crippen molar-refractivity contribution in [1.29, 1.82) is 0 Å². The van der Waals surface area contributed by atoms with Crippen molar-refractivity contribution in [2.45, 2.75) is 17.4 Å². The fourth-order valence-corrected chi connectivity index (χ4v) is 4.92. The van der Waals surface area contributed by atoms with Gasteiger partial charge < -0.3 is 4.42 Å². The van der Waals surface area contributed by atoms with Crippen LogP contribution in [0.1, 0.15) is 23.6 Å². The molecule has 0 N–H and O–H groups in total. The molecule has 38 heavy (non-hydrogen) atoms. The molecule has 0 fully saturated rings. The zero-order chi connectivity index (χ0) is 26.1. The molecule has 0 saturated carbocycles. The van der Waals surface area contributed by atoms with E-state index in [9.17, 15) is 12.3 Å². The van der Waals surface area contributed by atoms with Crippen LogP contribution in [0.3, 0.4) is 0 Å². The number of rotatable bonds is 6. The van der Waals surface area contributed by atoms with Crippen molar-refractivity contribution in [3.63, 3.8) is 0 Å². The van der Waals surface area contributed by atoms with E-state index in [-0.39, 0.29) is 10.9 Å². The summed E-state index contributed by atoms with van der Waals surface area (Å²) < 4.78 is 41.7. The van der Waals surface area contributed by atoms with Gasteiger partial charge in [-0.2, -0.15) is 13.5 Å². The predicted octanol–water partition coefficient (Wildman–Crippen LogP) is 6.42. The third-order valence-electron chi connectivity index (χ3n) is 6.39. The van der Waals surface area contributed by atoms with Crippen molar-refractivity contribution in [2.24, 2.45) is 5.10 Å². The highest BCUT2D eigenvalue weighted by Crippen LogP contribution is 2.37. The standard InChI is InChI=1S/C29H21FN4O3S/c30-38(35,36)25-17-13-20(14-18-25)26-19-27(21-7-3-1-4-8-21)34(33-26)24-15-11-23(12-16-24)29-32-31-28(37-29)22-9-5-2-6-10-22/h1-18,27H,19H2. The molecule has 5 aromatic rings. The summed E-state index contributed by atoms with van der Waals surface area (Å²) >= 11 is 0. The third-order valence-corrected chi connectivity index (χ3v) is 7.22. The summed E-state index contributed by atoms with van der Waals surface area (Å²) in [5.41, 5.74) is 5.09. The summed E-state index contributed by atoms with van der Waals surface area (Å²) in [7, 11) is -4.76. The van der Waals surface area contributed by atoms with Gasteiger partial charge in [0.1, 0.15) is 0 Å². The Kier molecular flexibility index (Phi) is 6.05. The molecule has 1 aromatic heterocycles. The minimum absolute atomic E-state index is 0.0743. The Morgan fingerprint density at radius 2 is 1.26 bits per heavy atom. The molecule has 1 atom stereocenters. The van der Waals surface area contributed by atoms with Crippen molar-refractivity contribution in [1.82, 2.24) is 10.2 Å². The molecule has 1 aliphatic rings. The number of hydrazone groups is 1. The first-order valence-corrected chi connectivity index (χ1v) is 13.3. The van der Waals surface area contributed by atoms with Gasteiger partial charge in [0.25, 0.3) is 0 Å². The molecule has 0 radical (unpaired) electrons. The minimum atomic E-state index is -4.76. The molecule has 2 heterocycles. The van der Waals surface area contributed by atoms with Crippen LogP contribution < -0.4 is 5.01 Å². The van der Waals surface area contributed by atoms with Crippen LogP contribution in [0.15, 0.2) is 124 Å². The van der Waals surface area contributed by atoms with Gasteiger partial charge in [0.2, 0.25) is 11.8 Å². The topological polar surface area (TPSA) is 88.7 Å². The smallest absolute Gasteiger partial charge is 0.332 e. The maximum absolute atomic E-state index is 13.4. The van der Waals surface area contributed by atoms with E-state index in [0.29, 0.717) is 18.2 Å². The largest absolute Gasteiger partial charge is 0.416 e. The number of nitrogens with zero attached hydrogens (tertiary/aromatic N) is 4. The molecule has 0 aliphatic carbocycles. The SMILES string of the molecule is O=S(=O)(F)c1ccc(C2=NN(c3ccc(-c4nnc(-c5ccccc5)o4)cc3)C(c3ccccc3)C2)cc1. The van der Waals surface area contributed by atoms with Crippen LogP contribution >= 0.6 is 0 Å². The molecule has 188 valence electrons. The first-order valence-electron chi connectivity index (χ1n) is 11.9. The van der Waals surface area contributed by atoms with E-state index in [0.717, 1.165) is 33.7 Å². The number of hydrogen-bond acceptors (Lipinski definition) is 7. The molecular formula is C29H21FN4O3S. The highest BCUT2D eigenvalue weighted by atomic mass is 32.3. The number of anilines is 1. The first-order chi connectivity index (χ1) is 18.5. The van der Waals surface area contributed by atoms with Gasteiger partial charge in [-0.1, -0.05) is 60.7 Å². The lowest BCUT2D eigenvalue weighted by molar-refractivity contribution is 0.552. The van der Waals surface area contributed by atoms with E-state index in [4.69, 9.17) is 9.52 Å². The summed E-state index contributed by atoms with van der Waals surface area (Å²) in [5.74, 6) is 0.873. The lowest BCUT2D eigenvalue weighted by atomic mass is 9.98. The Hall–Kier alpha value is -4.63. The second-order valence-electron chi connectivity index (χ2n) is 8.81. The number of halogens is 1. The number of benzene rings is 4. The Bertz CT molecular complexity index is 1700. The Balaban J connectivity index is 1.31. The first kappa shape index (κ1) is 23.7. The highest BCUT2D eigenvalue weighted by molar-refractivity contribution is 7.86. The minimum Gasteiger partial charge on any atom is -0.416 e. The van der Waals surface area contributed by atoms with Crippen LogP contribution in [0.4, 0.5) is 9.57 Å². The molecule has 1 unspecified atom stereocenters. The van der Waals surface area contributed by atoms with Crippen molar-refractivity contribution < 1.29 is 16.7 Å². The highest BCUT2D eigenvalue weighted by Gasteiger charge is 2.30. The molecule has 0 spiro atoms. The van der Waals surface area contributed by atoms with Gasteiger partial charge in [0.15, 0.2) is 0 Å². The van der Waals surface area contributed by atoms with Crippen molar-refractivity contribution >= 4 is 21.6 Å².